The van der Waals surface area contributed by atoms with Crippen LogP contribution in [0.25, 0.3) is 6.08 Å². The zero-order valence-corrected chi connectivity index (χ0v) is 7.86. The van der Waals surface area contributed by atoms with Crippen molar-refractivity contribution in [3.05, 3.63) is 39.9 Å². The van der Waals surface area contributed by atoms with Crippen LogP contribution in [0.4, 0.5) is 0 Å². The van der Waals surface area contributed by atoms with Crippen molar-refractivity contribution in [2.45, 2.75) is 19.8 Å². The second-order valence-corrected chi connectivity index (χ2v) is 3.64. The zero-order chi connectivity index (χ0) is 8.55. The van der Waals surface area contributed by atoms with E-state index in [-0.39, 0.29) is 0 Å². The van der Waals surface area contributed by atoms with E-state index in [2.05, 4.69) is 31.2 Å². The molecule has 0 heterocycles. The van der Waals surface area contributed by atoms with Crippen LogP contribution >= 0.6 is 11.6 Å². The highest BCUT2D eigenvalue weighted by Crippen LogP contribution is 2.27. The number of benzene rings is 1. The van der Waals surface area contributed by atoms with Crippen molar-refractivity contribution in [2.24, 2.45) is 0 Å². The summed E-state index contributed by atoms with van der Waals surface area (Å²) >= 11 is 5.93. The Balaban J connectivity index is 2.42. The lowest BCUT2D eigenvalue weighted by molar-refractivity contribution is 1.12. The first-order valence-electron chi connectivity index (χ1n) is 4.27. The van der Waals surface area contributed by atoms with E-state index in [0.29, 0.717) is 0 Å². The van der Waals surface area contributed by atoms with E-state index in [1.807, 2.05) is 0 Å². The van der Waals surface area contributed by atoms with Gasteiger partial charge < -0.3 is 0 Å². The van der Waals surface area contributed by atoms with Gasteiger partial charge in [0.05, 0.1) is 0 Å². The second-order valence-electron chi connectivity index (χ2n) is 3.15. The summed E-state index contributed by atoms with van der Waals surface area (Å²) in [4.78, 5) is 0. The van der Waals surface area contributed by atoms with Crippen molar-refractivity contribution in [1.82, 2.24) is 0 Å². The van der Waals surface area contributed by atoms with Crippen molar-refractivity contribution in [2.75, 3.05) is 0 Å². The normalized spacial score (nSPS) is 14.3. The Hall–Kier alpha value is -0.750. The molecule has 1 aromatic carbocycles. The average molecular weight is 179 g/mol. The van der Waals surface area contributed by atoms with Gasteiger partial charge in [0.25, 0.3) is 0 Å². The molecule has 0 aromatic heterocycles. The van der Waals surface area contributed by atoms with E-state index in [1.165, 1.54) is 16.7 Å². The minimum atomic E-state index is 0.921. The highest BCUT2D eigenvalue weighted by Gasteiger charge is 2.10. The number of hydrogen-bond donors (Lipinski definition) is 0. The Labute approximate surface area is 77.9 Å². The van der Waals surface area contributed by atoms with Crippen LogP contribution in [0.2, 0.25) is 0 Å². The maximum atomic E-state index is 5.93. The molecule has 0 radical (unpaired) electrons. The van der Waals surface area contributed by atoms with E-state index in [4.69, 9.17) is 11.6 Å². The summed E-state index contributed by atoms with van der Waals surface area (Å²) in [6, 6.07) is 6.58. The van der Waals surface area contributed by atoms with E-state index in [1.54, 1.807) is 0 Å². The predicted octanol–water partition coefficient (Wildman–Crippen LogP) is 3.38. The van der Waals surface area contributed by atoms with Gasteiger partial charge in [0, 0.05) is 11.5 Å². The van der Waals surface area contributed by atoms with Gasteiger partial charge in [-0.05, 0) is 29.2 Å². The van der Waals surface area contributed by atoms with Crippen molar-refractivity contribution in [3.8, 4) is 0 Å². The third-order valence-corrected chi connectivity index (χ3v) is 2.53. The molecule has 0 unspecified atom stereocenters. The molecule has 1 heteroatoms. The van der Waals surface area contributed by atoms with E-state index in [9.17, 15) is 0 Å². The second kappa shape index (κ2) is 2.95. The molecule has 0 nitrogen and oxygen atoms in total. The summed E-state index contributed by atoms with van der Waals surface area (Å²) < 4.78 is 0. The number of halogens is 1. The Kier molecular flexibility index (Phi) is 1.93. The topological polar surface area (TPSA) is 0 Å². The Morgan fingerprint density at radius 1 is 1.42 bits per heavy atom. The molecule has 0 fully saturated rings. The summed E-state index contributed by atoms with van der Waals surface area (Å²) in [7, 11) is 0. The lowest BCUT2D eigenvalue weighted by Crippen LogP contribution is -1.86. The first kappa shape index (κ1) is 7.88. The molecule has 62 valence electrons. The van der Waals surface area contributed by atoms with Gasteiger partial charge in [0.1, 0.15) is 0 Å². The number of rotatable bonds is 1. The molecular formula is C11H11Cl. The fourth-order valence-corrected chi connectivity index (χ4v) is 1.84. The average Bonchev–Trinajstić information content (AvgIpc) is 2.43. The van der Waals surface area contributed by atoms with E-state index in [0.717, 1.165) is 17.9 Å². The van der Waals surface area contributed by atoms with Crippen molar-refractivity contribution < 1.29 is 0 Å². The third-order valence-electron chi connectivity index (χ3n) is 2.29. The highest BCUT2D eigenvalue weighted by molar-refractivity contribution is 6.32. The monoisotopic (exact) mass is 178 g/mol. The van der Waals surface area contributed by atoms with Crippen molar-refractivity contribution in [1.29, 1.82) is 0 Å². The highest BCUT2D eigenvalue weighted by atomic mass is 35.5. The molecule has 1 aliphatic rings. The van der Waals surface area contributed by atoms with Gasteiger partial charge in [-0.2, -0.15) is 0 Å². The number of hydrogen-bond acceptors (Lipinski definition) is 0. The summed E-state index contributed by atoms with van der Waals surface area (Å²) in [6.07, 6.45) is 4.08. The van der Waals surface area contributed by atoms with Crippen LogP contribution in [0.3, 0.4) is 0 Å². The maximum absolute atomic E-state index is 5.93. The number of fused-ring (bicyclic) bond motifs is 1. The van der Waals surface area contributed by atoms with Crippen LogP contribution in [-0.2, 0) is 12.8 Å². The Morgan fingerprint density at radius 3 is 3.00 bits per heavy atom. The lowest BCUT2D eigenvalue weighted by Gasteiger charge is -2.00. The van der Waals surface area contributed by atoms with Gasteiger partial charge in [-0.25, -0.2) is 0 Å². The van der Waals surface area contributed by atoms with Gasteiger partial charge in [0.15, 0.2) is 0 Å². The van der Waals surface area contributed by atoms with E-state index < -0.39 is 0 Å². The Bertz CT molecular complexity index is 337. The molecule has 0 amide bonds. The molecular weight excluding hydrogens is 168 g/mol. The molecule has 0 aliphatic heterocycles. The van der Waals surface area contributed by atoms with Crippen LogP contribution in [0.5, 0.6) is 0 Å². The molecule has 2 rings (SSSR count). The molecule has 0 bridgehead atoms. The van der Waals surface area contributed by atoms with Gasteiger partial charge in [-0.1, -0.05) is 36.7 Å². The fourth-order valence-electron chi connectivity index (χ4n) is 1.57. The van der Waals surface area contributed by atoms with Gasteiger partial charge in [0.2, 0.25) is 0 Å². The largest absolute Gasteiger partial charge is 0.0888 e. The lowest BCUT2D eigenvalue weighted by atomic mass is 10.0. The molecule has 12 heavy (non-hydrogen) atoms. The minimum absolute atomic E-state index is 0.921. The molecule has 0 saturated heterocycles. The number of allylic oxidation sites excluding steroid dienone is 1. The van der Waals surface area contributed by atoms with Crippen LogP contribution < -0.4 is 0 Å². The molecule has 1 aromatic rings. The SMILES string of the molecule is CCc1ccc2c(c1)CC(Cl)=C2. The fraction of sp³-hybridized carbons (Fsp3) is 0.273. The molecule has 0 spiro atoms. The summed E-state index contributed by atoms with van der Waals surface area (Å²) in [5.74, 6) is 0. The van der Waals surface area contributed by atoms with Gasteiger partial charge in [-0.15, -0.1) is 0 Å². The Morgan fingerprint density at radius 2 is 2.25 bits per heavy atom. The molecule has 0 atom stereocenters. The van der Waals surface area contributed by atoms with Crippen molar-refractivity contribution >= 4 is 17.7 Å². The smallest absolute Gasteiger partial charge is 0.0231 e. The standard InChI is InChI=1S/C11H11Cl/c1-2-8-3-4-9-6-11(12)7-10(9)5-8/h3-6H,2,7H2,1H3. The van der Waals surface area contributed by atoms with Crippen LogP contribution in [0.15, 0.2) is 23.2 Å². The molecule has 0 N–H and O–H groups in total. The first-order valence-corrected chi connectivity index (χ1v) is 4.65. The van der Waals surface area contributed by atoms with Crippen LogP contribution in [-0.4, -0.2) is 0 Å². The maximum Gasteiger partial charge on any atom is 0.0231 e. The van der Waals surface area contributed by atoms with Crippen LogP contribution in [0, 0.1) is 0 Å². The van der Waals surface area contributed by atoms with Crippen molar-refractivity contribution in [3.63, 3.8) is 0 Å². The summed E-state index contributed by atoms with van der Waals surface area (Å²) in [5, 5.41) is 0.957. The van der Waals surface area contributed by atoms with Gasteiger partial charge >= 0.3 is 0 Å². The number of aryl methyl sites for hydroxylation is 1. The third kappa shape index (κ3) is 1.27. The molecule has 0 saturated carbocycles. The summed E-state index contributed by atoms with van der Waals surface area (Å²) in [5.41, 5.74) is 4.06. The first-order chi connectivity index (χ1) is 5.79. The summed E-state index contributed by atoms with van der Waals surface area (Å²) in [6.45, 7) is 2.17. The predicted molar refractivity (Wildman–Crippen MR) is 53.4 cm³/mol. The van der Waals surface area contributed by atoms with Crippen LogP contribution in [0.1, 0.15) is 23.6 Å². The quantitative estimate of drug-likeness (QED) is 0.619. The molecule has 1 aliphatic carbocycles. The minimum Gasteiger partial charge on any atom is -0.0888 e. The van der Waals surface area contributed by atoms with Gasteiger partial charge in [-0.3, -0.25) is 0 Å². The van der Waals surface area contributed by atoms with E-state index >= 15 is 0 Å². The zero-order valence-electron chi connectivity index (χ0n) is 7.10.